The largest absolute Gasteiger partial charge is 0.323 e. The first-order valence-electron chi connectivity index (χ1n) is 8.17. The third-order valence-corrected chi connectivity index (χ3v) is 4.77. The lowest BCUT2D eigenvalue weighted by atomic mass is 9.76. The topological polar surface area (TPSA) is 44.1 Å². The van der Waals surface area contributed by atoms with Gasteiger partial charge < -0.3 is 4.90 Å². The van der Waals surface area contributed by atoms with Crippen molar-refractivity contribution in [1.82, 2.24) is 4.90 Å². The zero-order valence-electron chi connectivity index (χ0n) is 13.8. The van der Waals surface area contributed by atoms with Crippen molar-refractivity contribution < 1.29 is 4.79 Å². The third kappa shape index (κ3) is 3.09. The zero-order chi connectivity index (χ0) is 17.0. The van der Waals surface area contributed by atoms with Gasteiger partial charge >= 0.3 is 0 Å². The molecule has 0 atom stereocenters. The molecule has 24 heavy (non-hydrogen) atoms. The lowest BCUT2D eigenvalue weighted by Crippen LogP contribution is -2.52. The number of carbonyl (C=O) groups excluding carboxylic acids is 1. The minimum Gasteiger partial charge on any atom is -0.323 e. The zero-order valence-corrected chi connectivity index (χ0v) is 13.8. The van der Waals surface area contributed by atoms with Gasteiger partial charge in [-0.25, -0.2) is 0 Å². The first kappa shape index (κ1) is 16.0. The third-order valence-electron chi connectivity index (χ3n) is 4.77. The molecule has 0 unspecified atom stereocenters. The summed E-state index contributed by atoms with van der Waals surface area (Å²) in [5.41, 5.74) is 2.63. The Morgan fingerprint density at radius 3 is 2.46 bits per heavy atom. The van der Waals surface area contributed by atoms with Gasteiger partial charge in [0.25, 0.3) is 0 Å². The van der Waals surface area contributed by atoms with Crippen LogP contribution in [0.1, 0.15) is 24.8 Å². The number of carbonyl (C=O) groups is 1. The molecule has 3 rings (SSSR count). The summed E-state index contributed by atoms with van der Waals surface area (Å²) in [6, 6.07) is 20.5. The minimum absolute atomic E-state index is 0.124. The van der Waals surface area contributed by atoms with Crippen molar-refractivity contribution in [3.05, 3.63) is 66.2 Å². The van der Waals surface area contributed by atoms with E-state index in [-0.39, 0.29) is 5.91 Å². The summed E-state index contributed by atoms with van der Waals surface area (Å²) in [7, 11) is 1.72. The van der Waals surface area contributed by atoms with E-state index < -0.39 is 5.54 Å². The van der Waals surface area contributed by atoms with Crippen LogP contribution in [-0.4, -0.2) is 23.4 Å². The number of hydrogen-bond donors (Lipinski definition) is 0. The second kappa shape index (κ2) is 6.72. The molecule has 0 bridgehead atoms. The molecule has 1 amide bonds. The Morgan fingerprint density at radius 1 is 1.12 bits per heavy atom. The van der Waals surface area contributed by atoms with Gasteiger partial charge in [0, 0.05) is 13.1 Å². The van der Waals surface area contributed by atoms with Crippen LogP contribution in [0.25, 0.3) is 17.2 Å². The van der Waals surface area contributed by atoms with Gasteiger partial charge in [-0.1, -0.05) is 48.5 Å². The van der Waals surface area contributed by atoms with Crippen LogP contribution in [0.5, 0.6) is 0 Å². The van der Waals surface area contributed by atoms with Crippen molar-refractivity contribution in [1.29, 1.82) is 5.26 Å². The molecule has 2 aromatic rings. The van der Waals surface area contributed by atoms with Gasteiger partial charge in [-0.2, -0.15) is 5.26 Å². The van der Waals surface area contributed by atoms with E-state index in [4.69, 9.17) is 0 Å². The SMILES string of the molecule is CN(C(=O)/C=C/c1cccc(-c2ccccc2)c1)C1(C#N)CCC1. The molecule has 0 spiro atoms. The number of nitriles is 1. The molecular weight excluding hydrogens is 296 g/mol. The summed E-state index contributed by atoms with van der Waals surface area (Å²) >= 11 is 0. The van der Waals surface area contributed by atoms with Crippen molar-refractivity contribution in [2.24, 2.45) is 0 Å². The van der Waals surface area contributed by atoms with E-state index in [9.17, 15) is 10.1 Å². The Hall–Kier alpha value is -2.86. The first-order chi connectivity index (χ1) is 11.6. The van der Waals surface area contributed by atoms with Crippen LogP contribution in [0, 0.1) is 11.3 Å². The van der Waals surface area contributed by atoms with Crippen molar-refractivity contribution in [3.63, 3.8) is 0 Å². The second-order valence-corrected chi connectivity index (χ2v) is 6.22. The number of benzene rings is 2. The maximum atomic E-state index is 12.4. The van der Waals surface area contributed by atoms with Gasteiger partial charge in [0.05, 0.1) is 6.07 Å². The van der Waals surface area contributed by atoms with E-state index in [1.165, 1.54) is 0 Å². The molecule has 1 aliphatic rings. The molecule has 1 aliphatic carbocycles. The van der Waals surface area contributed by atoms with Crippen LogP contribution in [-0.2, 0) is 4.79 Å². The molecule has 0 saturated heterocycles. The van der Waals surface area contributed by atoms with E-state index in [0.29, 0.717) is 0 Å². The van der Waals surface area contributed by atoms with Gasteiger partial charge in [-0.15, -0.1) is 0 Å². The summed E-state index contributed by atoms with van der Waals surface area (Å²) in [6.07, 6.45) is 5.91. The first-order valence-corrected chi connectivity index (χ1v) is 8.17. The van der Waals surface area contributed by atoms with Crippen LogP contribution in [0.3, 0.4) is 0 Å². The molecule has 1 fully saturated rings. The van der Waals surface area contributed by atoms with Crippen molar-refractivity contribution in [2.45, 2.75) is 24.8 Å². The van der Waals surface area contributed by atoms with Gasteiger partial charge in [0.1, 0.15) is 5.54 Å². The van der Waals surface area contributed by atoms with Crippen LogP contribution < -0.4 is 0 Å². The fourth-order valence-corrected chi connectivity index (χ4v) is 2.98. The highest BCUT2D eigenvalue weighted by molar-refractivity contribution is 5.92. The molecule has 2 aromatic carbocycles. The predicted molar refractivity (Wildman–Crippen MR) is 95.9 cm³/mol. The average Bonchev–Trinajstić information content (AvgIpc) is 2.60. The summed E-state index contributed by atoms with van der Waals surface area (Å²) in [5.74, 6) is -0.124. The van der Waals surface area contributed by atoms with Crippen molar-refractivity contribution in [3.8, 4) is 17.2 Å². The average molecular weight is 316 g/mol. The number of rotatable bonds is 4. The Morgan fingerprint density at radius 2 is 1.83 bits per heavy atom. The minimum atomic E-state index is -0.604. The number of amides is 1. The maximum absolute atomic E-state index is 12.4. The fourth-order valence-electron chi connectivity index (χ4n) is 2.98. The van der Waals surface area contributed by atoms with Crippen LogP contribution in [0.15, 0.2) is 60.7 Å². The number of likely N-dealkylation sites (N-methyl/N-ethyl adjacent to an activating group) is 1. The maximum Gasteiger partial charge on any atom is 0.247 e. The Bertz CT molecular complexity index is 798. The fraction of sp³-hybridized carbons (Fsp3) is 0.238. The molecule has 0 aromatic heterocycles. The van der Waals surface area contributed by atoms with E-state index in [2.05, 4.69) is 30.3 Å². The van der Waals surface area contributed by atoms with Crippen LogP contribution in [0.4, 0.5) is 0 Å². The summed E-state index contributed by atoms with van der Waals surface area (Å²) in [4.78, 5) is 13.9. The van der Waals surface area contributed by atoms with E-state index in [1.54, 1.807) is 18.0 Å². The number of hydrogen-bond acceptors (Lipinski definition) is 2. The lowest BCUT2D eigenvalue weighted by Gasteiger charge is -2.42. The Kier molecular flexibility index (Phi) is 4.48. The van der Waals surface area contributed by atoms with Gasteiger partial charge in [-0.3, -0.25) is 4.79 Å². The van der Waals surface area contributed by atoms with Gasteiger partial charge in [0.2, 0.25) is 5.91 Å². The molecular formula is C21H20N2O. The molecule has 0 heterocycles. The van der Waals surface area contributed by atoms with E-state index in [0.717, 1.165) is 36.0 Å². The molecule has 120 valence electrons. The summed E-state index contributed by atoms with van der Waals surface area (Å²) < 4.78 is 0. The standard InChI is InChI=1S/C21H20N2O/c1-23(21(16-22)13-6-14-21)20(24)12-11-17-7-5-10-19(15-17)18-8-3-2-4-9-18/h2-5,7-12,15H,6,13-14H2,1H3/b12-11+. The highest BCUT2D eigenvalue weighted by Gasteiger charge is 2.42. The molecule has 3 nitrogen and oxygen atoms in total. The molecule has 0 aliphatic heterocycles. The number of nitrogens with zero attached hydrogens (tertiary/aromatic N) is 2. The molecule has 3 heteroatoms. The highest BCUT2D eigenvalue weighted by Crippen LogP contribution is 2.36. The lowest BCUT2D eigenvalue weighted by molar-refractivity contribution is -0.130. The molecule has 0 N–H and O–H groups in total. The Labute approximate surface area is 142 Å². The summed E-state index contributed by atoms with van der Waals surface area (Å²) in [5, 5.41) is 9.34. The van der Waals surface area contributed by atoms with Gasteiger partial charge in [0.15, 0.2) is 0 Å². The van der Waals surface area contributed by atoms with Crippen LogP contribution in [0.2, 0.25) is 0 Å². The van der Waals surface area contributed by atoms with Crippen molar-refractivity contribution >= 4 is 12.0 Å². The van der Waals surface area contributed by atoms with Gasteiger partial charge in [-0.05, 0) is 48.1 Å². The smallest absolute Gasteiger partial charge is 0.247 e. The monoisotopic (exact) mass is 316 g/mol. The van der Waals surface area contributed by atoms with Crippen molar-refractivity contribution in [2.75, 3.05) is 7.05 Å². The summed E-state index contributed by atoms with van der Waals surface area (Å²) in [6.45, 7) is 0. The molecule has 0 radical (unpaired) electrons. The quantitative estimate of drug-likeness (QED) is 0.791. The predicted octanol–water partition coefficient (Wildman–Crippen LogP) is 4.27. The Balaban J connectivity index is 1.75. The van der Waals surface area contributed by atoms with Crippen LogP contribution >= 0.6 is 0 Å². The van der Waals surface area contributed by atoms with E-state index in [1.807, 2.05) is 36.4 Å². The molecule has 1 saturated carbocycles. The second-order valence-electron chi connectivity index (χ2n) is 6.22. The normalized spacial score (nSPS) is 15.5. The van der Waals surface area contributed by atoms with E-state index >= 15 is 0 Å². The highest BCUT2D eigenvalue weighted by atomic mass is 16.2.